The molecular formula is C10H11N3O4S2. The van der Waals surface area contributed by atoms with E-state index >= 15 is 0 Å². The molecule has 19 heavy (non-hydrogen) atoms. The van der Waals surface area contributed by atoms with E-state index in [0.717, 1.165) is 11.3 Å². The van der Waals surface area contributed by atoms with Crippen molar-refractivity contribution in [2.24, 2.45) is 7.05 Å². The van der Waals surface area contributed by atoms with Crippen molar-refractivity contribution in [2.75, 3.05) is 4.72 Å². The van der Waals surface area contributed by atoms with Crippen molar-refractivity contribution in [1.82, 2.24) is 9.55 Å². The van der Waals surface area contributed by atoms with Gasteiger partial charge in [-0.05, 0) is 18.4 Å². The zero-order valence-corrected chi connectivity index (χ0v) is 11.7. The Kier molecular flexibility index (Phi) is 3.33. The molecule has 9 heteroatoms. The van der Waals surface area contributed by atoms with Crippen molar-refractivity contribution in [3.05, 3.63) is 28.3 Å². The first-order valence-corrected chi connectivity index (χ1v) is 7.51. The van der Waals surface area contributed by atoms with Gasteiger partial charge in [-0.1, -0.05) is 0 Å². The highest BCUT2D eigenvalue weighted by atomic mass is 32.2. The second kappa shape index (κ2) is 4.67. The average Bonchev–Trinajstić information content (AvgIpc) is 2.87. The van der Waals surface area contributed by atoms with E-state index in [9.17, 15) is 13.2 Å². The molecule has 0 amide bonds. The summed E-state index contributed by atoms with van der Waals surface area (Å²) < 4.78 is 27.9. The lowest BCUT2D eigenvalue weighted by Crippen LogP contribution is -2.14. The zero-order valence-electron chi connectivity index (χ0n) is 10.1. The van der Waals surface area contributed by atoms with E-state index in [1.807, 2.05) is 0 Å². The fourth-order valence-corrected chi connectivity index (χ4v) is 3.27. The Bertz CT molecular complexity index is 710. The number of rotatable bonds is 4. The van der Waals surface area contributed by atoms with Crippen LogP contribution in [0.2, 0.25) is 0 Å². The first kappa shape index (κ1) is 13.6. The highest BCUT2D eigenvalue weighted by Gasteiger charge is 2.22. The van der Waals surface area contributed by atoms with Crippen LogP contribution in [0.5, 0.6) is 0 Å². The predicted octanol–water partition coefficient (Wildman–Crippen LogP) is 1.29. The van der Waals surface area contributed by atoms with E-state index in [2.05, 4.69) is 9.71 Å². The summed E-state index contributed by atoms with van der Waals surface area (Å²) in [6, 6.07) is 1.40. The molecule has 7 nitrogen and oxygen atoms in total. The zero-order chi connectivity index (χ0) is 14.2. The topological polar surface area (TPSA) is 101 Å². The number of imidazole rings is 1. The number of anilines is 1. The highest BCUT2D eigenvalue weighted by Crippen LogP contribution is 2.24. The summed E-state index contributed by atoms with van der Waals surface area (Å²) in [4.78, 5) is 14.8. The van der Waals surface area contributed by atoms with Crippen LogP contribution in [0.25, 0.3) is 0 Å². The second-order valence-corrected chi connectivity index (χ2v) is 6.36. The number of hydrogen-bond acceptors (Lipinski definition) is 5. The molecule has 0 spiro atoms. The van der Waals surface area contributed by atoms with Crippen LogP contribution in [0.4, 0.5) is 5.69 Å². The summed E-state index contributed by atoms with van der Waals surface area (Å²) in [6.45, 7) is 1.67. The number of carboxylic acid groups (broad SMARTS) is 1. The third kappa shape index (κ3) is 2.61. The predicted molar refractivity (Wildman–Crippen MR) is 70.0 cm³/mol. The molecule has 102 valence electrons. The van der Waals surface area contributed by atoms with Gasteiger partial charge in [0.15, 0.2) is 5.03 Å². The summed E-state index contributed by atoms with van der Waals surface area (Å²) >= 11 is 0.950. The molecule has 0 fully saturated rings. The number of aromatic carboxylic acids is 1. The number of thiophene rings is 1. The Morgan fingerprint density at radius 3 is 2.74 bits per heavy atom. The molecule has 0 atom stereocenters. The first-order valence-electron chi connectivity index (χ1n) is 5.15. The van der Waals surface area contributed by atoms with Gasteiger partial charge in [0.25, 0.3) is 10.0 Å². The largest absolute Gasteiger partial charge is 0.477 e. The van der Waals surface area contributed by atoms with Gasteiger partial charge in [-0.3, -0.25) is 4.72 Å². The van der Waals surface area contributed by atoms with Gasteiger partial charge in [0, 0.05) is 13.2 Å². The summed E-state index contributed by atoms with van der Waals surface area (Å²) in [5.74, 6) is -0.631. The van der Waals surface area contributed by atoms with Crippen LogP contribution >= 0.6 is 11.3 Å². The van der Waals surface area contributed by atoms with E-state index in [-0.39, 0.29) is 15.6 Å². The minimum atomic E-state index is -3.88. The van der Waals surface area contributed by atoms with E-state index in [1.54, 1.807) is 18.5 Å². The molecule has 0 bridgehead atoms. The van der Waals surface area contributed by atoms with Crippen molar-refractivity contribution < 1.29 is 18.3 Å². The Hall–Kier alpha value is -1.87. The van der Waals surface area contributed by atoms with Crippen LogP contribution in [0.15, 0.2) is 22.7 Å². The average molecular weight is 301 g/mol. The summed E-state index contributed by atoms with van der Waals surface area (Å²) in [5.41, 5.74) is 0.0424. The van der Waals surface area contributed by atoms with Crippen LogP contribution < -0.4 is 4.72 Å². The van der Waals surface area contributed by atoms with E-state index in [4.69, 9.17) is 5.11 Å². The maximum absolute atomic E-state index is 12.1. The SMILES string of the molecule is Cc1nc(S(=O)(=O)Nc2ccsc2C(=O)O)cn1C. The molecule has 2 aromatic heterocycles. The minimum Gasteiger partial charge on any atom is -0.477 e. The van der Waals surface area contributed by atoms with Gasteiger partial charge in [-0.2, -0.15) is 8.42 Å². The van der Waals surface area contributed by atoms with Crippen LogP contribution in [0, 0.1) is 6.92 Å². The molecule has 0 saturated heterocycles. The summed E-state index contributed by atoms with van der Waals surface area (Å²) in [6.07, 6.45) is 1.37. The van der Waals surface area contributed by atoms with Crippen molar-refractivity contribution >= 4 is 33.0 Å². The van der Waals surface area contributed by atoms with Gasteiger partial charge in [-0.25, -0.2) is 9.78 Å². The monoisotopic (exact) mass is 301 g/mol. The van der Waals surface area contributed by atoms with E-state index in [1.165, 1.54) is 17.6 Å². The summed E-state index contributed by atoms with van der Waals surface area (Å²) in [7, 11) is -2.20. The van der Waals surface area contributed by atoms with Gasteiger partial charge in [0.2, 0.25) is 0 Å². The fourth-order valence-electron chi connectivity index (χ4n) is 1.41. The second-order valence-electron chi connectivity index (χ2n) is 3.81. The van der Waals surface area contributed by atoms with Crippen molar-refractivity contribution in [3.8, 4) is 0 Å². The number of hydrogen-bond donors (Lipinski definition) is 2. The molecule has 0 aromatic carbocycles. The molecule has 0 aliphatic carbocycles. The molecule has 2 heterocycles. The van der Waals surface area contributed by atoms with Gasteiger partial charge < -0.3 is 9.67 Å². The number of carbonyl (C=O) groups is 1. The lowest BCUT2D eigenvalue weighted by molar-refractivity contribution is 0.0703. The third-order valence-electron chi connectivity index (χ3n) is 2.47. The molecule has 2 aromatic rings. The molecule has 2 N–H and O–H groups in total. The Balaban J connectivity index is 2.36. The molecule has 0 saturated carbocycles. The van der Waals surface area contributed by atoms with Crippen molar-refractivity contribution in [1.29, 1.82) is 0 Å². The highest BCUT2D eigenvalue weighted by molar-refractivity contribution is 7.92. The molecular weight excluding hydrogens is 290 g/mol. The Morgan fingerprint density at radius 2 is 2.21 bits per heavy atom. The molecule has 0 radical (unpaired) electrons. The molecule has 0 aliphatic heterocycles. The Morgan fingerprint density at radius 1 is 1.53 bits per heavy atom. The molecule has 0 unspecified atom stereocenters. The van der Waals surface area contributed by atoms with Crippen LogP contribution in [-0.2, 0) is 17.1 Å². The van der Waals surface area contributed by atoms with Crippen molar-refractivity contribution in [2.45, 2.75) is 11.9 Å². The fraction of sp³-hybridized carbons (Fsp3) is 0.200. The van der Waals surface area contributed by atoms with Gasteiger partial charge >= 0.3 is 5.97 Å². The normalized spacial score (nSPS) is 11.5. The van der Waals surface area contributed by atoms with Gasteiger partial charge in [0.05, 0.1) is 5.69 Å². The van der Waals surface area contributed by atoms with E-state index < -0.39 is 16.0 Å². The standard InChI is InChI=1S/C10H11N3O4S2/c1-6-11-8(5-13(6)2)19(16,17)12-7-3-4-18-9(7)10(14)15/h3-5,12H,1-2H3,(H,14,15). The maximum atomic E-state index is 12.1. The van der Waals surface area contributed by atoms with Gasteiger partial charge in [-0.15, -0.1) is 11.3 Å². The lowest BCUT2D eigenvalue weighted by atomic mass is 10.4. The first-order chi connectivity index (χ1) is 8.81. The van der Waals surface area contributed by atoms with Crippen LogP contribution in [-0.4, -0.2) is 29.0 Å². The number of carboxylic acids is 1. The Labute approximate surface area is 113 Å². The molecule has 0 aliphatic rings. The third-order valence-corrected chi connectivity index (χ3v) is 4.60. The van der Waals surface area contributed by atoms with Crippen molar-refractivity contribution in [3.63, 3.8) is 0 Å². The lowest BCUT2D eigenvalue weighted by Gasteiger charge is -2.04. The number of aryl methyl sites for hydroxylation is 2. The maximum Gasteiger partial charge on any atom is 0.348 e. The number of aromatic nitrogens is 2. The number of nitrogens with zero attached hydrogens (tertiary/aromatic N) is 2. The van der Waals surface area contributed by atoms with Gasteiger partial charge in [0.1, 0.15) is 10.7 Å². The van der Waals surface area contributed by atoms with E-state index in [0.29, 0.717) is 5.82 Å². The number of sulfonamides is 1. The minimum absolute atomic E-state index is 0.0424. The quantitative estimate of drug-likeness (QED) is 0.886. The molecule has 2 rings (SSSR count). The number of nitrogens with one attached hydrogen (secondary N) is 1. The summed E-state index contributed by atoms with van der Waals surface area (Å²) in [5, 5.41) is 10.3. The smallest absolute Gasteiger partial charge is 0.348 e. The van der Waals surface area contributed by atoms with Crippen LogP contribution in [0.1, 0.15) is 15.5 Å². The van der Waals surface area contributed by atoms with Crippen LogP contribution in [0.3, 0.4) is 0 Å².